The molecule has 0 aliphatic rings. The summed E-state index contributed by atoms with van der Waals surface area (Å²) < 4.78 is 26.9. The van der Waals surface area contributed by atoms with Gasteiger partial charge in [0.05, 0.1) is 10.6 Å². The summed E-state index contributed by atoms with van der Waals surface area (Å²) in [5, 5.41) is 3.53. The van der Waals surface area contributed by atoms with Gasteiger partial charge in [-0.1, -0.05) is 41.9 Å². The maximum Gasteiger partial charge on any atom is 0.240 e. The zero-order valence-corrected chi connectivity index (χ0v) is 15.0. The first-order chi connectivity index (χ1) is 11.5. The lowest BCUT2D eigenvalue weighted by atomic mass is 10.2. The van der Waals surface area contributed by atoms with Gasteiger partial charge in [-0.25, -0.2) is 18.1 Å². The number of rotatable bonds is 6. The second kappa shape index (κ2) is 7.44. The smallest absolute Gasteiger partial charge is 0.240 e. The van der Waals surface area contributed by atoms with Gasteiger partial charge in [0.2, 0.25) is 10.0 Å². The minimum atomic E-state index is -3.47. The first kappa shape index (κ1) is 17.1. The van der Waals surface area contributed by atoms with Crippen LogP contribution in [0.5, 0.6) is 0 Å². The van der Waals surface area contributed by atoms with E-state index in [0.717, 1.165) is 16.3 Å². The molecule has 0 amide bonds. The lowest BCUT2D eigenvalue weighted by Crippen LogP contribution is -2.26. The van der Waals surface area contributed by atoms with Crippen LogP contribution in [0.3, 0.4) is 0 Å². The van der Waals surface area contributed by atoms with Gasteiger partial charge in [0.1, 0.15) is 5.01 Å². The van der Waals surface area contributed by atoms with E-state index >= 15 is 0 Å². The summed E-state index contributed by atoms with van der Waals surface area (Å²) in [5.74, 6) is 0. The molecule has 124 valence electrons. The Bertz CT molecular complexity index is 907. The Morgan fingerprint density at radius 1 is 1.04 bits per heavy atom. The predicted octanol–water partition coefficient (Wildman–Crippen LogP) is 3.98. The van der Waals surface area contributed by atoms with Crippen molar-refractivity contribution in [3.63, 3.8) is 0 Å². The average Bonchev–Trinajstić information content (AvgIpc) is 3.05. The minimum absolute atomic E-state index is 0.269. The molecule has 1 aromatic heterocycles. The van der Waals surface area contributed by atoms with E-state index in [1.807, 2.05) is 29.6 Å². The molecule has 0 radical (unpaired) electrons. The lowest BCUT2D eigenvalue weighted by molar-refractivity contribution is 0.581. The molecule has 24 heavy (non-hydrogen) atoms. The van der Waals surface area contributed by atoms with Crippen LogP contribution in [0.1, 0.15) is 5.69 Å². The van der Waals surface area contributed by atoms with Crippen molar-refractivity contribution >= 4 is 33.0 Å². The first-order valence-electron chi connectivity index (χ1n) is 7.30. The number of halogens is 1. The molecule has 0 aliphatic heterocycles. The van der Waals surface area contributed by atoms with Gasteiger partial charge in [0, 0.05) is 28.9 Å². The second-order valence-electron chi connectivity index (χ2n) is 5.11. The Hall–Kier alpha value is -1.73. The molecule has 0 atom stereocenters. The summed E-state index contributed by atoms with van der Waals surface area (Å²) >= 11 is 7.42. The van der Waals surface area contributed by atoms with Crippen molar-refractivity contribution < 1.29 is 8.42 Å². The number of sulfonamides is 1. The number of hydrogen-bond donors (Lipinski definition) is 1. The van der Waals surface area contributed by atoms with Crippen molar-refractivity contribution in [2.45, 2.75) is 11.3 Å². The monoisotopic (exact) mass is 378 g/mol. The summed E-state index contributed by atoms with van der Waals surface area (Å²) in [6, 6.07) is 15.8. The highest BCUT2D eigenvalue weighted by atomic mass is 35.5. The predicted molar refractivity (Wildman–Crippen MR) is 97.9 cm³/mol. The molecule has 1 N–H and O–H groups in total. The molecule has 0 unspecified atom stereocenters. The minimum Gasteiger partial charge on any atom is -0.241 e. The number of benzene rings is 2. The van der Waals surface area contributed by atoms with E-state index in [1.54, 1.807) is 30.3 Å². The molecular weight excluding hydrogens is 364 g/mol. The molecule has 0 spiro atoms. The molecular formula is C17H15ClN2O2S2. The second-order valence-corrected chi connectivity index (χ2v) is 8.17. The topological polar surface area (TPSA) is 59.1 Å². The summed E-state index contributed by atoms with van der Waals surface area (Å²) in [7, 11) is -3.47. The number of aromatic nitrogens is 1. The number of thiazole rings is 1. The zero-order valence-electron chi connectivity index (χ0n) is 12.6. The number of hydrogen-bond acceptors (Lipinski definition) is 4. The van der Waals surface area contributed by atoms with Crippen molar-refractivity contribution in [3.05, 3.63) is 70.7 Å². The zero-order chi connectivity index (χ0) is 17.0. The van der Waals surface area contributed by atoms with Crippen LogP contribution in [0.4, 0.5) is 0 Å². The lowest BCUT2D eigenvalue weighted by Gasteiger charge is -2.05. The van der Waals surface area contributed by atoms with Crippen LogP contribution in [-0.2, 0) is 16.4 Å². The Balaban J connectivity index is 1.61. The maximum atomic E-state index is 12.1. The van der Waals surface area contributed by atoms with Crippen LogP contribution in [-0.4, -0.2) is 19.9 Å². The van der Waals surface area contributed by atoms with Gasteiger partial charge in [-0.2, -0.15) is 0 Å². The van der Waals surface area contributed by atoms with Crippen molar-refractivity contribution in [1.82, 2.24) is 9.71 Å². The fourth-order valence-electron chi connectivity index (χ4n) is 2.14. The third-order valence-corrected chi connectivity index (χ3v) is 6.04. The molecule has 7 heteroatoms. The third-order valence-electron chi connectivity index (χ3n) is 3.37. The van der Waals surface area contributed by atoms with Crippen LogP contribution in [0.25, 0.3) is 10.6 Å². The Kier molecular flexibility index (Phi) is 5.30. The molecule has 0 saturated carbocycles. The van der Waals surface area contributed by atoms with Crippen LogP contribution >= 0.6 is 22.9 Å². The molecule has 3 aromatic rings. The van der Waals surface area contributed by atoms with Crippen molar-refractivity contribution in [3.8, 4) is 10.6 Å². The van der Waals surface area contributed by atoms with E-state index in [9.17, 15) is 8.42 Å². The molecule has 1 heterocycles. The molecule has 2 aromatic carbocycles. The highest BCUT2D eigenvalue weighted by Gasteiger charge is 2.13. The van der Waals surface area contributed by atoms with Crippen molar-refractivity contribution in [1.29, 1.82) is 0 Å². The molecule has 0 saturated heterocycles. The van der Waals surface area contributed by atoms with Gasteiger partial charge in [-0.15, -0.1) is 11.3 Å². The Labute approximate surface area is 150 Å². The normalized spacial score (nSPS) is 11.5. The highest BCUT2D eigenvalue weighted by Crippen LogP contribution is 2.25. The third kappa shape index (κ3) is 4.21. The van der Waals surface area contributed by atoms with Crippen LogP contribution in [0, 0.1) is 0 Å². The Morgan fingerprint density at radius 3 is 2.46 bits per heavy atom. The van der Waals surface area contributed by atoms with Crippen LogP contribution in [0.15, 0.2) is 64.9 Å². The van der Waals surface area contributed by atoms with Gasteiger partial charge in [0.25, 0.3) is 0 Å². The van der Waals surface area contributed by atoms with Gasteiger partial charge in [-0.05, 0) is 24.3 Å². The molecule has 0 aliphatic carbocycles. The van der Waals surface area contributed by atoms with Gasteiger partial charge < -0.3 is 0 Å². The summed E-state index contributed by atoms with van der Waals surface area (Å²) in [6.45, 7) is 0.307. The fraction of sp³-hybridized carbons (Fsp3) is 0.118. The van der Waals surface area contributed by atoms with Crippen molar-refractivity contribution in [2.24, 2.45) is 0 Å². The SMILES string of the molecule is O=S(=O)(NCCc1csc(-c2ccc(Cl)cc2)n1)c1ccccc1. The van der Waals surface area contributed by atoms with E-state index < -0.39 is 10.0 Å². The molecule has 3 rings (SSSR count). The molecule has 0 bridgehead atoms. The number of nitrogens with one attached hydrogen (secondary N) is 1. The number of nitrogens with zero attached hydrogens (tertiary/aromatic N) is 1. The summed E-state index contributed by atoms with van der Waals surface area (Å²) in [4.78, 5) is 4.81. The molecule has 0 fully saturated rings. The fourth-order valence-corrected chi connectivity index (χ4v) is 4.18. The van der Waals surface area contributed by atoms with Gasteiger partial charge in [0.15, 0.2) is 0 Å². The van der Waals surface area contributed by atoms with Gasteiger partial charge >= 0.3 is 0 Å². The van der Waals surface area contributed by atoms with Crippen LogP contribution in [0.2, 0.25) is 5.02 Å². The van der Waals surface area contributed by atoms with Crippen LogP contribution < -0.4 is 4.72 Å². The summed E-state index contributed by atoms with van der Waals surface area (Å²) in [5.41, 5.74) is 1.86. The molecule has 4 nitrogen and oxygen atoms in total. The van der Waals surface area contributed by atoms with E-state index in [-0.39, 0.29) is 4.90 Å². The van der Waals surface area contributed by atoms with E-state index in [2.05, 4.69) is 9.71 Å². The maximum absolute atomic E-state index is 12.1. The largest absolute Gasteiger partial charge is 0.241 e. The Morgan fingerprint density at radius 2 is 1.75 bits per heavy atom. The van der Waals surface area contributed by atoms with Crippen molar-refractivity contribution in [2.75, 3.05) is 6.54 Å². The van der Waals surface area contributed by atoms with E-state index in [0.29, 0.717) is 18.0 Å². The quantitative estimate of drug-likeness (QED) is 0.705. The average molecular weight is 379 g/mol. The summed E-state index contributed by atoms with van der Waals surface area (Å²) in [6.07, 6.45) is 0.538. The van der Waals surface area contributed by atoms with E-state index in [1.165, 1.54) is 11.3 Å². The standard InChI is InChI=1S/C17H15ClN2O2S2/c18-14-8-6-13(7-9-14)17-20-15(12-23-17)10-11-19-24(21,22)16-4-2-1-3-5-16/h1-9,12,19H,10-11H2. The van der Waals surface area contributed by atoms with Gasteiger partial charge in [-0.3, -0.25) is 0 Å². The van der Waals surface area contributed by atoms with E-state index in [4.69, 9.17) is 11.6 Å². The first-order valence-corrected chi connectivity index (χ1v) is 10.0. The highest BCUT2D eigenvalue weighted by molar-refractivity contribution is 7.89.